The first-order chi connectivity index (χ1) is 8.78. The molecule has 1 rings (SSSR count). The number of hydrogen-bond acceptors (Lipinski definition) is 2. The molecule has 1 heterocycles. The first-order valence-electron chi connectivity index (χ1n) is 7.20. The summed E-state index contributed by atoms with van der Waals surface area (Å²) in [6.45, 7) is 12.5. The normalized spacial score (nSPS) is 12.5. The molecular weight excluding hydrogens is 254 g/mol. The molecule has 0 aliphatic carbocycles. The lowest BCUT2D eigenvalue weighted by atomic mass is 10.2. The second-order valence-corrected chi connectivity index (χ2v) is 11.4. The van der Waals surface area contributed by atoms with E-state index in [2.05, 4.69) is 26.8 Å². The van der Waals surface area contributed by atoms with Crippen LogP contribution >= 0.6 is 0 Å². The van der Waals surface area contributed by atoms with Gasteiger partial charge in [-0.25, -0.2) is 4.79 Å². The van der Waals surface area contributed by atoms with Gasteiger partial charge in [0.1, 0.15) is 5.60 Å². The number of ether oxygens (including phenoxy) is 1. The van der Waals surface area contributed by atoms with Gasteiger partial charge in [-0.3, -0.25) is 4.57 Å². The van der Waals surface area contributed by atoms with Gasteiger partial charge >= 0.3 is 6.09 Å². The number of nitrogens with zero attached hydrogens (tertiary/aromatic N) is 1. The SMILES string of the molecule is CC[Si](CC)(CC)c1ccn(C(=O)OC(C)(C)C)c1. The zero-order valence-electron chi connectivity index (χ0n) is 13.1. The van der Waals surface area contributed by atoms with E-state index in [0.717, 1.165) is 0 Å². The van der Waals surface area contributed by atoms with E-state index in [1.54, 1.807) is 4.57 Å². The third-order valence-corrected chi connectivity index (χ3v) is 9.52. The molecule has 19 heavy (non-hydrogen) atoms. The van der Waals surface area contributed by atoms with Crippen LogP contribution in [0.15, 0.2) is 18.5 Å². The van der Waals surface area contributed by atoms with Gasteiger partial charge < -0.3 is 4.74 Å². The van der Waals surface area contributed by atoms with Crippen LogP contribution in [-0.4, -0.2) is 24.3 Å². The molecule has 0 saturated carbocycles. The molecule has 0 atom stereocenters. The maximum absolute atomic E-state index is 12.0. The predicted molar refractivity (Wildman–Crippen MR) is 82.9 cm³/mol. The summed E-state index contributed by atoms with van der Waals surface area (Å²) in [7, 11) is -1.41. The minimum Gasteiger partial charge on any atom is -0.443 e. The molecule has 0 fully saturated rings. The molecule has 0 aliphatic heterocycles. The van der Waals surface area contributed by atoms with Crippen molar-refractivity contribution in [1.29, 1.82) is 0 Å². The van der Waals surface area contributed by atoms with Crippen molar-refractivity contribution in [3.63, 3.8) is 0 Å². The Morgan fingerprint density at radius 3 is 2.16 bits per heavy atom. The van der Waals surface area contributed by atoms with Crippen molar-refractivity contribution in [2.75, 3.05) is 0 Å². The van der Waals surface area contributed by atoms with Crippen molar-refractivity contribution in [3.8, 4) is 0 Å². The van der Waals surface area contributed by atoms with Crippen LogP contribution in [0.3, 0.4) is 0 Å². The highest BCUT2D eigenvalue weighted by molar-refractivity contribution is 6.91. The quantitative estimate of drug-likeness (QED) is 0.781. The van der Waals surface area contributed by atoms with Crippen LogP contribution in [-0.2, 0) is 4.74 Å². The van der Waals surface area contributed by atoms with Crippen LogP contribution in [0.1, 0.15) is 41.5 Å². The summed E-state index contributed by atoms with van der Waals surface area (Å²) in [5, 5.41) is 1.37. The van der Waals surface area contributed by atoms with Gasteiger partial charge in [0.05, 0.1) is 8.07 Å². The third kappa shape index (κ3) is 3.72. The Hall–Kier alpha value is -1.03. The number of hydrogen-bond donors (Lipinski definition) is 0. The maximum Gasteiger partial charge on any atom is 0.418 e. The Morgan fingerprint density at radius 1 is 1.21 bits per heavy atom. The van der Waals surface area contributed by atoms with Gasteiger partial charge in [-0.1, -0.05) is 38.9 Å². The van der Waals surface area contributed by atoms with Gasteiger partial charge in [0.25, 0.3) is 0 Å². The van der Waals surface area contributed by atoms with E-state index in [1.165, 1.54) is 23.3 Å². The fourth-order valence-electron chi connectivity index (χ4n) is 2.50. The number of carbonyl (C=O) groups is 1. The lowest BCUT2D eigenvalue weighted by molar-refractivity contribution is 0.0537. The molecule has 0 N–H and O–H groups in total. The molecular formula is C15H27NO2Si. The average Bonchev–Trinajstić information content (AvgIpc) is 2.80. The number of carbonyl (C=O) groups excluding carboxylic acids is 1. The fourth-order valence-corrected chi connectivity index (χ4v) is 6.07. The van der Waals surface area contributed by atoms with E-state index < -0.39 is 13.7 Å². The van der Waals surface area contributed by atoms with Crippen LogP contribution in [0, 0.1) is 0 Å². The van der Waals surface area contributed by atoms with E-state index >= 15 is 0 Å². The van der Waals surface area contributed by atoms with Gasteiger partial charge in [0.2, 0.25) is 0 Å². The second-order valence-electron chi connectivity index (χ2n) is 6.13. The number of rotatable bonds is 4. The first kappa shape index (κ1) is 16.0. The second kappa shape index (κ2) is 5.95. The van der Waals surface area contributed by atoms with Crippen molar-refractivity contribution in [1.82, 2.24) is 4.57 Å². The van der Waals surface area contributed by atoms with Crippen molar-refractivity contribution in [3.05, 3.63) is 18.5 Å². The molecule has 1 aromatic heterocycles. The Bertz CT molecular complexity index is 419. The van der Waals surface area contributed by atoms with Gasteiger partial charge in [-0.05, 0) is 32.0 Å². The minimum atomic E-state index is -1.41. The molecule has 0 aliphatic rings. The lowest BCUT2D eigenvalue weighted by Crippen LogP contribution is -2.45. The molecule has 4 heteroatoms. The van der Waals surface area contributed by atoms with Crippen LogP contribution < -0.4 is 5.19 Å². The summed E-state index contributed by atoms with van der Waals surface area (Å²) in [5.74, 6) is 0. The van der Waals surface area contributed by atoms with Crippen molar-refractivity contribution < 1.29 is 9.53 Å². The van der Waals surface area contributed by atoms with Crippen molar-refractivity contribution in [2.24, 2.45) is 0 Å². The molecule has 0 saturated heterocycles. The summed E-state index contributed by atoms with van der Waals surface area (Å²) in [4.78, 5) is 12.0. The highest BCUT2D eigenvalue weighted by atomic mass is 28.3. The Kier molecular flexibility index (Phi) is 5.02. The van der Waals surface area contributed by atoms with Gasteiger partial charge in [-0.2, -0.15) is 0 Å². The monoisotopic (exact) mass is 281 g/mol. The smallest absolute Gasteiger partial charge is 0.418 e. The van der Waals surface area contributed by atoms with E-state index in [9.17, 15) is 4.79 Å². The Labute approximate surface area is 118 Å². The predicted octanol–water partition coefficient (Wildman–Crippen LogP) is 3.99. The topological polar surface area (TPSA) is 31.2 Å². The zero-order valence-corrected chi connectivity index (χ0v) is 14.1. The van der Waals surface area contributed by atoms with E-state index in [4.69, 9.17) is 4.74 Å². The van der Waals surface area contributed by atoms with E-state index in [0.29, 0.717) is 0 Å². The minimum absolute atomic E-state index is 0.287. The molecule has 0 aromatic carbocycles. The highest BCUT2D eigenvalue weighted by Gasteiger charge is 2.30. The van der Waals surface area contributed by atoms with Crippen molar-refractivity contribution >= 4 is 19.4 Å². The van der Waals surface area contributed by atoms with Crippen molar-refractivity contribution in [2.45, 2.75) is 65.3 Å². The molecule has 0 bridgehead atoms. The molecule has 108 valence electrons. The molecule has 0 spiro atoms. The van der Waals surface area contributed by atoms with Crippen LogP contribution in [0.4, 0.5) is 4.79 Å². The summed E-state index contributed by atoms with van der Waals surface area (Å²) < 4.78 is 6.98. The summed E-state index contributed by atoms with van der Waals surface area (Å²) in [6.07, 6.45) is 3.54. The molecule has 3 nitrogen and oxygen atoms in total. The third-order valence-electron chi connectivity index (χ3n) is 3.94. The van der Waals surface area contributed by atoms with Gasteiger partial charge in [0.15, 0.2) is 0 Å². The standard InChI is InChI=1S/C15H27NO2Si/c1-7-19(8-2,9-3)13-10-11-16(12-13)14(17)18-15(4,5)6/h10-12H,7-9H2,1-6H3. The highest BCUT2D eigenvalue weighted by Crippen LogP contribution is 2.20. The first-order valence-corrected chi connectivity index (χ1v) is 9.82. The lowest BCUT2D eigenvalue weighted by Gasteiger charge is -2.27. The Morgan fingerprint density at radius 2 is 1.74 bits per heavy atom. The summed E-state index contributed by atoms with van der Waals surface area (Å²) >= 11 is 0. The molecule has 1 aromatic rings. The summed E-state index contributed by atoms with van der Waals surface area (Å²) in [6, 6.07) is 5.77. The van der Waals surface area contributed by atoms with Crippen LogP contribution in [0.5, 0.6) is 0 Å². The van der Waals surface area contributed by atoms with Gasteiger partial charge in [-0.15, -0.1) is 0 Å². The fraction of sp³-hybridized carbons (Fsp3) is 0.667. The molecule has 0 unspecified atom stereocenters. The van der Waals surface area contributed by atoms with Crippen LogP contribution in [0.25, 0.3) is 0 Å². The zero-order chi connectivity index (χ0) is 14.7. The summed E-state index contributed by atoms with van der Waals surface area (Å²) in [5.41, 5.74) is -0.448. The molecule has 0 radical (unpaired) electrons. The molecule has 0 amide bonds. The number of aromatic nitrogens is 1. The largest absolute Gasteiger partial charge is 0.443 e. The maximum atomic E-state index is 12.0. The van der Waals surface area contributed by atoms with Gasteiger partial charge in [0, 0.05) is 12.4 Å². The van der Waals surface area contributed by atoms with E-state index in [1.807, 2.05) is 33.2 Å². The average molecular weight is 281 g/mol. The van der Waals surface area contributed by atoms with Crippen LogP contribution in [0.2, 0.25) is 18.1 Å². The van der Waals surface area contributed by atoms with E-state index in [-0.39, 0.29) is 6.09 Å². The Balaban J connectivity index is 2.96.